The fraction of sp³-hybridized carbons (Fsp3) is 0.500. The maximum atomic E-state index is 12.2. The standard InChI is InChI=1S/C18H23N3O2/c1-12-6-5-9-15(13(12)2)21-17(22)10-23-18-14-7-3-4-8-16(14)19-11-20-18/h3-4,7-8,11-13,15H,5-6,9-10H2,1-2H3,(H,21,22)/t12-,13+,15-/m0/s1. The molecule has 3 atom stereocenters. The second-order valence-corrected chi connectivity index (χ2v) is 6.43. The first-order valence-electron chi connectivity index (χ1n) is 8.27. The molecule has 1 aliphatic carbocycles. The van der Waals surface area contributed by atoms with Crippen molar-refractivity contribution in [3.8, 4) is 5.88 Å². The summed E-state index contributed by atoms with van der Waals surface area (Å²) in [6.45, 7) is 4.46. The average molecular weight is 313 g/mol. The number of rotatable bonds is 4. The first-order valence-corrected chi connectivity index (χ1v) is 8.27. The van der Waals surface area contributed by atoms with E-state index in [1.54, 1.807) is 0 Å². The lowest BCUT2D eigenvalue weighted by molar-refractivity contribution is -0.124. The van der Waals surface area contributed by atoms with Gasteiger partial charge in [-0.05, 0) is 30.4 Å². The number of hydrogen-bond acceptors (Lipinski definition) is 4. The van der Waals surface area contributed by atoms with E-state index in [1.165, 1.54) is 19.2 Å². The van der Waals surface area contributed by atoms with E-state index in [0.29, 0.717) is 17.7 Å². The molecule has 1 aliphatic rings. The summed E-state index contributed by atoms with van der Waals surface area (Å²) in [6.07, 6.45) is 4.93. The van der Waals surface area contributed by atoms with Gasteiger partial charge in [-0.2, -0.15) is 0 Å². The molecule has 2 aromatic rings. The molecule has 0 spiro atoms. The van der Waals surface area contributed by atoms with E-state index in [0.717, 1.165) is 17.3 Å². The molecule has 5 nitrogen and oxygen atoms in total. The fourth-order valence-corrected chi connectivity index (χ4v) is 3.26. The zero-order valence-corrected chi connectivity index (χ0v) is 13.7. The van der Waals surface area contributed by atoms with Crippen LogP contribution in [0.4, 0.5) is 0 Å². The molecule has 23 heavy (non-hydrogen) atoms. The molecule has 0 aliphatic heterocycles. The fourth-order valence-electron chi connectivity index (χ4n) is 3.26. The third-order valence-electron chi connectivity index (χ3n) is 4.90. The summed E-state index contributed by atoms with van der Waals surface area (Å²) < 4.78 is 5.62. The topological polar surface area (TPSA) is 64.1 Å². The van der Waals surface area contributed by atoms with Crippen molar-refractivity contribution in [3.05, 3.63) is 30.6 Å². The van der Waals surface area contributed by atoms with Gasteiger partial charge in [-0.25, -0.2) is 9.97 Å². The molecule has 1 heterocycles. The maximum absolute atomic E-state index is 12.2. The van der Waals surface area contributed by atoms with Gasteiger partial charge < -0.3 is 10.1 Å². The van der Waals surface area contributed by atoms with Crippen molar-refractivity contribution in [2.45, 2.75) is 39.2 Å². The Hall–Kier alpha value is -2.17. The first kappa shape index (κ1) is 15.7. The van der Waals surface area contributed by atoms with Gasteiger partial charge in [-0.1, -0.05) is 38.8 Å². The van der Waals surface area contributed by atoms with Crippen LogP contribution in [0.5, 0.6) is 5.88 Å². The molecule has 1 saturated carbocycles. The smallest absolute Gasteiger partial charge is 0.258 e. The van der Waals surface area contributed by atoms with Crippen molar-refractivity contribution >= 4 is 16.8 Å². The highest BCUT2D eigenvalue weighted by molar-refractivity contribution is 5.84. The number of para-hydroxylation sites is 1. The molecular formula is C18H23N3O2. The Kier molecular flexibility index (Phi) is 4.74. The van der Waals surface area contributed by atoms with E-state index in [2.05, 4.69) is 29.1 Å². The van der Waals surface area contributed by atoms with Crippen LogP contribution in [0.2, 0.25) is 0 Å². The van der Waals surface area contributed by atoms with Crippen LogP contribution in [0.3, 0.4) is 0 Å². The van der Waals surface area contributed by atoms with Crippen LogP contribution >= 0.6 is 0 Å². The molecule has 0 unspecified atom stereocenters. The molecule has 1 fully saturated rings. The average Bonchev–Trinajstić information content (AvgIpc) is 2.57. The van der Waals surface area contributed by atoms with Crippen molar-refractivity contribution in [1.82, 2.24) is 15.3 Å². The second kappa shape index (κ2) is 6.94. The predicted molar refractivity (Wildman–Crippen MR) is 89.1 cm³/mol. The quantitative estimate of drug-likeness (QED) is 0.942. The summed E-state index contributed by atoms with van der Waals surface area (Å²) in [5.74, 6) is 1.53. The van der Waals surface area contributed by atoms with E-state index in [1.807, 2.05) is 24.3 Å². The molecule has 122 valence electrons. The lowest BCUT2D eigenvalue weighted by Crippen LogP contribution is -2.45. The zero-order chi connectivity index (χ0) is 16.2. The minimum Gasteiger partial charge on any atom is -0.467 e. The molecule has 0 bridgehead atoms. The van der Waals surface area contributed by atoms with Crippen molar-refractivity contribution in [1.29, 1.82) is 0 Å². The number of hydrogen-bond donors (Lipinski definition) is 1. The molecule has 1 amide bonds. The summed E-state index contributed by atoms with van der Waals surface area (Å²) in [5.41, 5.74) is 0.813. The highest BCUT2D eigenvalue weighted by atomic mass is 16.5. The zero-order valence-electron chi connectivity index (χ0n) is 13.7. The number of amides is 1. The summed E-state index contributed by atoms with van der Waals surface area (Å²) in [5, 5.41) is 3.93. The van der Waals surface area contributed by atoms with Crippen LogP contribution in [0, 0.1) is 11.8 Å². The normalized spacial score (nSPS) is 24.3. The van der Waals surface area contributed by atoms with E-state index < -0.39 is 0 Å². The summed E-state index contributed by atoms with van der Waals surface area (Å²) in [4.78, 5) is 20.5. The van der Waals surface area contributed by atoms with Crippen molar-refractivity contribution in [3.63, 3.8) is 0 Å². The SMILES string of the molecule is C[C@H]1[C@@H](NC(=O)COc2ncnc3ccccc23)CCC[C@@H]1C. The van der Waals surface area contributed by atoms with Crippen LogP contribution in [0.1, 0.15) is 33.1 Å². The Morgan fingerprint density at radius 1 is 1.26 bits per heavy atom. The third-order valence-corrected chi connectivity index (χ3v) is 4.90. The third kappa shape index (κ3) is 3.60. The molecule has 0 saturated heterocycles. The lowest BCUT2D eigenvalue weighted by Gasteiger charge is -2.34. The summed E-state index contributed by atoms with van der Waals surface area (Å²) >= 11 is 0. The molecular weight excluding hydrogens is 290 g/mol. The van der Waals surface area contributed by atoms with Crippen LogP contribution in [0.25, 0.3) is 10.9 Å². The highest BCUT2D eigenvalue weighted by Crippen LogP contribution is 2.29. The maximum Gasteiger partial charge on any atom is 0.258 e. The van der Waals surface area contributed by atoms with Crippen LogP contribution < -0.4 is 10.1 Å². The lowest BCUT2D eigenvalue weighted by atomic mass is 9.78. The molecule has 1 aromatic heterocycles. The Balaban J connectivity index is 1.60. The number of ether oxygens (including phenoxy) is 1. The van der Waals surface area contributed by atoms with Crippen molar-refractivity contribution in [2.24, 2.45) is 11.8 Å². The van der Waals surface area contributed by atoms with Gasteiger partial charge in [0.1, 0.15) is 6.33 Å². The van der Waals surface area contributed by atoms with E-state index in [4.69, 9.17) is 4.74 Å². The van der Waals surface area contributed by atoms with E-state index in [-0.39, 0.29) is 18.6 Å². The number of carbonyl (C=O) groups is 1. The number of aromatic nitrogens is 2. The highest BCUT2D eigenvalue weighted by Gasteiger charge is 2.28. The van der Waals surface area contributed by atoms with Gasteiger partial charge >= 0.3 is 0 Å². The van der Waals surface area contributed by atoms with E-state index >= 15 is 0 Å². The van der Waals surface area contributed by atoms with Gasteiger partial charge in [0.05, 0.1) is 10.9 Å². The van der Waals surface area contributed by atoms with Crippen molar-refractivity contribution in [2.75, 3.05) is 6.61 Å². The monoisotopic (exact) mass is 313 g/mol. The van der Waals surface area contributed by atoms with Gasteiger partial charge in [0.2, 0.25) is 5.88 Å². The summed E-state index contributed by atoms with van der Waals surface area (Å²) in [6, 6.07) is 7.86. The van der Waals surface area contributed by atoms with Crippen molar-refractivity contribution < 1.29 is 9.53 Å². The molecule has 5 heteroatoms. The number of benzene rings is 1. The Morgan fingerprint density at radius 2 is 2.09 bits per heavy atom. The Bertz CT molecular complexity index is 684. The van der Waals surface area contributed by atoms with Gasteiger partial charge in [0, 0.05) is 6.04 Å². The first-order chi connectivity index (χ1) is 11.1. The minimum atomic E-state index is -0.0846. The summed E-state index contributed by atoms with van der Waals surface area (Å²) in [7, 11) is 0. The Morgan fingerprint density at radius 3 is 2.96 bits per heavy atom. The number of carbonyl (C=O) groups excluding carboxylic acids is 1. The Labute approximate surface area is 136 Å². The van der Waals surface area contributed by atoms with Gasteiger partial charge in [0.25, 0.3) is 5.91 Å². The molecule has 3 rings (SSSR count). The van der Waals surface area contributed by atoms with Gasteiger partial charge in [0.15, 0.2) is 6.61 Å². The van der Waals surface area contributed by atoms with Crippen LogP contribution in [0.15, 0.2) is 30.6 Å². The number of fused-ring (bicyclic) bond motifs is 1. The minimum absolute atomic E-state index is 0.0153. The van der Waals surface area contributed by atoms with Crippen LogP contribution in [-0.2, 0) is 4.79 Å². The number of nitrogens with one attached hydrogen (secondary N) is 1. The van der Waals surface area contributed by atoms with E-state index in [9.17, 15) is 4.79 Å². The molecule has 1 aromatic carbocycles. The van der Waals surface area contributed by atoms with Gasteiger partial charge in [-0.3, -0.25) is 4.79 Å². The van der Waals surface area contributed by atoms with Gasteiger partial charge in [-0.15, -0.1) is 0 Å². The van der Waals surface area contributed by atoms with Crippen LogP contribution in [-0.4, -0.2) is 28.5 Å². The predicted octanol–water partition coefficient (Wildman–Crippen LogP) is 2.95. The second-order valence-electron chi connectivity index (χ2n) is 6.43. The number of nitrogens with zero attached hydrogens (tertiary/aromatic N) is 2. The molecule has 1 N–H and O–H groups in total. The largest absolute Gasteiger partial charge is 0.467 e. The molecule has 0 radical (unpaired) electrons.